The minimum Gasteiger partial charge on any atom is -0.329 e. The van der Waals surface area contributed by atoms with E-state index >= 15 is 0 Å². The molecule has 0 spiro atoms. The second-order valence-corrected chi connectivity index (χ2v) is 4.98. The SMILES string of the molecule is CCC(C)(C)CNC(CN)C(C)C. The van der Waals surface area contributed by atoms with Gasteiger partial charge in [-0.25, -0.2) is 0 Å². The summed E-state index contributed by atoms with van der Waals surface area (Å²) in [4.78, 5) is 0. The molecule has 2 nitrogen and oxygen atoms in total. The lowest BCUT2D eigenvalue weighted by Crippen LogP contribution is -2.44. The first kappa shape index (κ1) is 12.9. The molecule has 0 heterocycles. The molecule has 0 bridgehead atoms. The van der Waals surface area contributed by atoms with Crippen molar-refractivity contribution >= 4 is 0 Å². The van der Waals surface area contributed by atoms with Gasteiger partial charge in [-0.2, -0.15) is 0 Å². The Hall–Kier alpha value is -0.0800. The van der Waals surface area contributed by atoms with Gasteiger partial charge in [-0.15, -0.1) is 0 Å². The molecule has 0 aromatic heterocycles. The van der Waals surface area contributed by atoms with Crippen LogP contribution in [0.4, 0.5) is 0 Å². The number of nitrogens with two attached hydrogens (primary N) is 1. The van der Waals surface area contributed by atoms with E-state index in [0.717, 1.165) is 13.1 Å². The molecule has 0 aromatic rings. The molecule has 0 saturated carbocycles. The fourth-order valence-corrected chi connectivity index (χ4v) is 1.12. The van der Waals surface area contributed by atoms with Crippen LogP contribution in [0.3, 0.4) is 0 Å². The number of hydrogen-bond acceptors (Lipinski definition) is 2. The summed E-state index contributed by atoms with van der Waals surface area (Å²) in [7, 11) is 0. The Balaban J connectivity index is 3.85. The summed E-state index contributed by atoms with van der Waals surface area (Å²) < 4.78 is 0. The molecular formula is C11H26N2. The summed E-state index contributed by atoms with van der Waals surface area (Å²) in [6.45, 7) is 13.0. The average molecular weight is 186 g/mol. The van der Waals surface area contributed by atoms with Crippen molar-refractivity contribution in [3.8, 4) is 0 Å². The van der Waals surface area contributed by atoms with E-state index in [1.165, 1.54) is 6.42 Å². The van der Waals surface area contributed by atoms with Crippen molar-refractivity contribution in [3.63, 3.8) is 0 Å². The van der Waals surface area contributed by atoms with E-state index in [2.05, 4.69) is 39.9 Å². The van der Waals surface area contributed by atoms with E-state index in [4.69, 9.17) is 5.73 Å². The van der Waals surface area contributed by atoms with E-state index < -0.39 is 0 Å². The van der Waals surface area contributed by atoms with Crippen molar-refractivity contribution in [2.75, 3.05) is 13.1 Å². The van der Waals surface area contributed by atoms with Crippen molar-refractivity contribution < 1.29 is 0 Å². The van der Waals surface area contributed by atoms with Crippen LogP contribution in [0, 0.1) is 11.3 Å². The largest absolute Gasteiger partial charge is 0.329 e. The maximum atomic E-state index is 5.68. The quantitative estimate of drug-likeness (QED) is 0.666. The minimum atomic E-state index is 0.391. The van der Waals surface area contributed by atoms with Crippen LogP contribution in [0.2, 0.25) is 0 Å². The van der Waals surface area contributed by atoms with Gasteiger partial charge in [0.1, 0.15) is 0 Å². The van der Waals surface area contributed by atoms with E-state index in [9.17, 15) is 0 Å². The van der Waals surface area contributed by atoms with Crippen LogP contribution < -0.4 is 11.1 Å². The fourth-order valence-electron chi connectivity index (χ4n) is 1.12. The molecule has 80 valence electrons. The van der Waals surface area contributed by atoms with Gasteiger partial charge in [-0.1, -0.05) is 34.6 Å². The Morgan fingerprint density at radius 2 is 1.85 bits per heavy atom. The molecular weight excluding hydrogens is 160 g/mol. The number of hydrogen-bond donors (Lipinski definition) is 2. The Morgan fingerprint density at radius 3 is 2.15 bits per heavy atom. The highest BCUT2D eigenvalue weighted by Crippen LogP contribution is 2.18. The summed E-state index contributed by atoms with van der Waals surface area (Å²) in [5.41, 5.74) is 6.07. The van der Waals surface area contributed by atoms with Crippen molar-refractivity contribution in [3.05, 3.63) is 0 Å². The zero-order chi connectivity index (χ0) is 10.5. The Labute approximate surface area is 83.3 Å². The minimum absolute atomic E-state index is 0.391. The predicted octanol–water partition coefficient (Wildman–Crippen LogP) is 2.00. The second-order valence-electron chi connectivity index (χ2n) is 4.98. The molecule has 0 rings (SSSR count). The van der Waals surface area contributed by atoms with E-state index in [0.29, 0.717) is 17.4 Å². The van der Waals surface area contributed by atoms with Gasteiger partial charge in [0.15, 0.2) is 0 Å². The molecule has 0 aromatic carbocycles. The predicted molar refractivity (Wildman–Crippen MR) is 59.8 cm³/mol. The molecule has 0 aliphatic heterocycles. The first-order chi connectivity index (χ1) is 5.93. The zero-order valence-corrected chi connectivity index (χ0v) is 9.85. The summed E-state index contributed by atoms with van der Waals surface area (Å²) in [6, 6.07) is 0.464. The Bertz CT molecular complexity index is 130. The van der Waals surface area contributed by atoms with Crippen LogP contribution in [0.5, 0.6) is 0 Å². The highest BCUT2D eigenvalue weighted by molar-refractivity contribution is 4.76. The molecule has 2 heteroatoms. The highest BCUT2D eigenvalue weighted by atomic mass is 14.9. The topological polar surface area (TPSA) is 38.0 Å². The van der Waals surface area contributed by atoms with Crippen molar-refractivity contribution in [2.24, 2.45) is 17.1 Å². The highest BCUT2D eigenvalue weighted by Gasteiger charge is 2.18. The summed E-state index contributed by atoms with van der Waals surface area (Å²) >= 11 is 0. The molecule has 1 unspecified atom stereocenters. The van der Waals surface area contributed by atoms with Crippen LogP contribution in [-0.2, 0) is 0 Å². The van der Waals surface area contributed by atoms with E-state index in [1.54, 1.807) is 0 Å². The summed E-state index contributed by atoms with van der Waals surface area (Å²) in [5, 5.41) is 3.54. The monoisotopic (exact) mass is 186 g/mol. The Morgan fingerprint density at radius 1 is 1.31 bits per heavy atom. The molecule has 0 aliphatic rings. The Kier molecular flexibility index (Phi) is 5.57. The molecule has 0 radical (unpaired) electrons. The molecule has 0 aliphatic carbocycles. The zero-order valence-electron chi connectivity index (χ0n) is 9.85. The standard InChI is InChI=1S/C11H26N2/c1-6-11(4,5)8-13-10(7-12)9(2)3/h9-10,13H,6-8,12H2,1-5H3. The van der Waals surface area contributed by atoms with Gasteiger partial charge >= 0.3 is 0 Å². The van der Waals surface area contributed by atoms with Crippen LogP contribution in [0.1, 0.15) is 41.0 Å². The van der Waals surface area contributed by atoms with Gasteiger partial charge in [0.2, 0.25) is 0 Å². The number of nitrogens with one attached hydrogen (secondary N) is 1. The fraction of sp³-hybridized carbons (Fsp3) is 1.00. The second kappa shape index (κ2) is 5.61. The first-order valence-electron chi connectivity index (χ1n) is 5.36. The third-order valence-corrected chi connectivity index (χ3v) is 2.86. The van der Waals surface area contributed by atoms with Crippen LogP contribution >= 0.6 is 0 Å². The van der Waals surface area contributed by atoms with Gasteiger partial charge in [-0.3, -0.25) is 0 Å². The van der Waals surface area contributed by atoms with E-state index in [-0.39, 0.29) is 0 Å². The molecule has 0 saturated heterocycles. The third-order valence-electron chi connectivity index (χ3n) is 2.86. The number of rotatable bonds is 6. The lowest BCUT2D eigenvalue weighted by Gasteiger charge is -2.28. The third kappa shape index (κ3) is 5.27. The average Bonchev–Trinajstić information content (AvgIpc) is 2.05. The van der Waals surface area contributed by atoms with Crippen molar-refractivity contribution in [2.45, 2.75) is 47.1 Å². The maximum absolute atomic E-state index is 5.68. The first-order valence-corrected chi connectivity index (χ1v) is 5.36. The van der Waals surface area contributed by atoms with Gasteiger partial charge in [0.25, 0.3) is 0 Å². The van der Waals surface area contributed by atoms with Crippen LogP contribution in [-0.4, -0.2) is 19.1 Å². The maximum Gasteiger partial charge on any atom is 0.0213 e. The van der Waals surface area contributed by atoms with Crippen LogP contribution in [0.25, 0.3) is 0 Å². The van der Waals surface area contributed by atoms with Gasteiger partial charge < -0.3 is 11.1 Å². The smallest absolute Gasteiger partial charge is 0.0213 e. The van der Waals surface area contributed by atoms with Gasteiger partial charge in [0, 0.05) is 19.1 Å². The molecule has 13 heavy (non-hydrogen) atoms. The van der Waals surface area contributed by atoms with Gasteiger partial charge in [-0.05, 0) is 17.8 Å². The van der Waals surface area contributed by atoms with Crippen molar-refractivity contribution in [1.29, 1.82) is 0 Å². The van der Waals surface area contributed by atoms with E-state index in [1.807, 2.05) is 0 Å². The van der Waals surface area contributed by atoms with Gasteiger partial charge in [0.05, 0.1) is 0 Å². The molecule has 0 amide bonds. The molecule has 0 fully saturated rings. The lowest BCUT2D eigenvalue weighted by molar-refractivity contribution is 0.287. The van der Waals surface area contributed by atoms with Crippen LogP contribution in [0.15, 0.2) is 0 Å². The summed E-state index contributed by atoms with van der Waals surface area (Å²) in [5.74, 6) is 0.623. The summed E-state index contributed by atoms with van der Waals surface area (Å²) in [6.07, 6.45) is 1.20. The van der Waals surface area contributed by atoms with Crippen molar-refractivity contribution in [1.82, 2.24) is 5.32 Å². The molecule has 3 N–H and O–H groups in total. The lowest BCUT2D eigenvalue weighted by atomic mass is 9.89. The normalized spacial score (nSPS) is 15.0. The molecule has 1 atom stereocenters.